The maximum atomic E-state index is 11.5. The van der Waals surface area contributed by atoms with Gasteiger partial charge < -0.3 is 5.32 Å². The summed E-state index contributed by atoms with van der Waals surface area (Å²) in [5.74, 6) is 0.724. The molecule has 2 aromatic rings. The Kier molecular flexibility index (Phi) is 3.72. The van der Waals surface area contributed by atoms with E-state index in [0.29, 0.717) is 12.2 Å². The topological polar surface area (TPSA) is 59.8 Å². The molecule has 0 atom stereocenters. The molecule has 0 aliphatic heterocycles. The van der Waals surface area contributed by atoms with Gasteiger partial charge in [-0.3, -0.25) is 14.5 Å². The fourth-order valence-electron chi connectivity index (χ4n) is 1.68. The van der Waals surface area contributed by atoms with E-state index in [4.69, 9.17) is 0 Å². The standard InChI is InChI=1S/C13H16N4O/c1-3-4-13(18)15-12-9-11(16-17(12)2)10-5-7-14-8-6-10/h5-9H,3-4H2,1-2H3,(H,15,18). The van der Waals surface area contributed by atoms with Crippen molar-refractivity contribution in [3.63, 3.8) is 0 Å². The van der Waals surface area contributed by atoms with Gasteiger partial charge in [0.25, 0.3) is 0 Å². The summed E-state index contributed by atoms with van der Waals surface area (Å²) in [7, 11) is 1.81. The number of pyridine rings is 1. The first-order valence-electron chi connectivity index (χ1n) is 5.95. The molecule has 1 amide bonds. The fourth-order valence-corrected chi connectivity index (χ4v) is 1.68. The highest BCUT2D eigenvalue weighted by Gasteiger charge is 2.09. The molecule has 2 aromatic heterocycles. The van der Waals surface area contributed by atoms with Gasteiger partial charge in [-0.05, 0) is 18.6 Å². The number of carbonyl (C=O) groups excluding carboxylic acids is 1. The number of aromatic nitrogens is 3. The number of hydrogen-bond donors (Lipinski definition) is 1. The Labute approximate surface area is 106 Å². The van der Waals surface area contributed by atoms with Crippen LogP contribution in [0, 0.1) is 0 Å². The number of anilines is 1. The first-order valence-corrected chi connectivity index (χ1v) is 5.95. The van der Waals surface area contributed by atoms with Crippen molar-refractivity contribution in [1.29, 1.82) is 0 Å². The van der Waals surface area contributed by atoms with Crippen LogP contribution in [0.2, 0.25) is 0 Å². The monoisotopic (exact) mass is 244 g/mol. The van der Waals surface area contributed by atoms with Crippen LogP contribution in [0.1, 0.15) is 19.8 Å². The third-order valence-electron chi connectivity index (χ3n) is 2.60. The molecular weight excluding hydrogens is 228 g/mol. The highest BCUT2D eigenvalue weighted by atomic mass is 16.1. The van der Waals surface area contributed by atoms with Crippen molar-refractivity contribution in [3.8, 4) is 11.3 Å². The average molecular weight is 244 g/mol. The summed E-state index contributed by atoms with van der Waals surface area (Å²) in [5.41, 5.74) is 1.81. The lowest BCUT2D eigenvalue weighted by molar-refractivity contribution is -0.116. The molecule has 2 rings (SSSR count). The molecule has 2 heterocycles. The van der Waals surface area contributed by atoms with E-state index in [9.17, 15) is 4.79 Å². The van der Waals surface area contributed by atoms with Gasteiger partial charge in [-0.25, -0.2) is 0 Å². The van der Waals surface area contributed by atoms with Crippen molar-refractivity contribution in [3.05, 3.63) is 30.6 Å². The number of nitrogens with zero attached hydrogens (tertiary/aromatic N) is 3. The predicted octanol–water partition coefficient (Wildman–Crippen LogP) is 2.22. The van der Waals surface area contributed by atoms with E-state index in [1.807, 2.05) is 32.2 Å². The second kappa shape index (κ2) is 5.44. The highest BCUT2D eigenvalue weighted by molar-refractivity contribution is 5.90. The minimum Gasteiger partial charge on any atom is -0.311 e. The largest absolute Gasteiger partial charge is 0.311 e. The van der Waals surface area contributed by atoms with Crippen molar-refractivity contribution >= 4 is 11.7 Å². The number of carbonyl (C=O) groups is 1. The molecule has 5 heteroatoms. The van der Waals surface area contributed by atoms with E-state index in [1.54, 1.807) is 17.1 Å². The zero-order valence-electron chi connectivity index (χ0n) is 10.6. The van der Waals surface area contributed by atoms with Gasteiger partial charge in [0.2, 0.25) is 5.91 Å². The zero-order valence-corrected chi connectivity index (χ0v) is 10.6. The lowest BCUT2D eigenvalue weighted by Gasteiger charge is -2.02. The number of amides is 1. The molecule has 0 aliphatic carbocycles. The second-order valence-electron chi connectivity index (χ2n) is 4.07. The summed E-state index contributed by atoms with van der Waals surface area (Å²) in [4.78, 5) is 15.5. The molecule has 0 aromatic carbocycles. The molecular formula is C13H16N4O. The van der Waals surface area contributed by atoms with Crippen LogP contribution in [0.15, 0.2) is 30.6 Å². The van der Waals surface area contributed by atoms with Gasteiger partial charge in [-0.2, -0.15) is 5.10 Å². The molecule has 5 nitrogen and oxygen atoms in total. The molecule has 0 bridgehead atoms. The van der Waals surface area contributed by atoms with Crippen LogP contribution in [0.25, 0.3) is 11.3 Å². The van der Waals surface area contributed by atoms with E-state index in [0.717, 1.165) is 17.7 Å². The minimum atomic E-state index is 0.0155. The minimum absolute atomic E-state index is 0.0155. The molecule has 0 unspecified atom stereocenters. The Balaban J connectivity index is 2.20. The van der Waals surface area contributed by atoms with Gasteiger partial charge in [-0.1, -0.05) is 6.92 Å². The van der Waals surface area contributed by atoms with E-state index >= 15 is 0 Å². The molecule has 1 N–H and O–H groups in total. The Hall–Kier alpha value is -2.17. The third-order valence-corrected chi connectivity index (χ3v) is 2.60. The number of aryl methyl sites for hydroxylation is 1. The summed E-state index contributed by atoms with van der Waals surface area (Å²) in [5, 5.41) is 7.22. The Bertz CT molecular complexity index is 533. The van der Waals surface area contributed by atoms with E-state index in [1.165, 1.54) is 0 Å². The number of nitrogens with one attached hydrogen (secondary N) is 1. The number of hydrogen-bond acceptors (Lipinski definition) is 3. The van der Waals surface area contributed by atoms with Gasteiger partial charge in [0, 0.05) is 37.5 Å². The molecule has 0 spiro atoms. The van der Waals surface area contributed by atoms with Crippen LogP contribution in [0.4, 0.5) is 5.82 Å². The van der Waals surface area contributed by atoms with Crippen molar-refractivity contribution in [2.24, 2.45) is 7.05 Å². The molecule has 18 heavy (non-hydrogen) atoms. The highest BCUT2D eigenvalue weighted by Crippen LogP contribution is 2.20. The van der Waals surface area contributed by atoms with Gasteiger partial charge in [0.1, 0.15) is 5.82 Å². The summed E-state index contributed by atoms with van der Waals surface area (Å²) >= 11 is 0. The predicted molar refractivity (Wildman–Crippen MR) is 70.0 cm³/mol. The third kappa shape index (κ3) is 2.74. The molecule has 0 radical (unpaired) electrons. The zero-order chi connectivity index (χ0) is 13.0. The summed E-state index contributed by atoms with van der Waals surface area (Å²) in [6, 6.07) is 5.64. The van der Waals surface area contributed by atoms with Crippen molar-refractivity contribution in [2.45, 2.75) is 19.8 Å². The first kappa shape index (κ1) is 12.3. The number of rotatable bonds is 4. The molecule has 94 valence electrons. The van der Waals surface area contributed by atoms with Crippen LogP contribution in [0.5, 0.6) is 0 Å². The van der Waals surface area contributed by atoms with Crippen LogP contribution in [0.3, 0.4) is 0 Å². The van der Waals surface area contributed by atoms with Crippen molar-refractivity contribution in [2.75, 3.05) is 5.32 Å². The smallest absolute Gasteiger partial charge is 0.225 e. The lowest BCUT2D eigenvalue weighted by Crippen LogP contribution is -2.13. The molecule has 0 fully saturated rings. The summed E-state index contributed by atoms with van der Waals surface area (Å²) in [6.45, 7) is 1.98. The van der Waals surface area contributed by atoms with Crippen molar-refractivity contribution < 1.29 is 4.79 Å². The average Bonchev–Trinajstić information content (AvgIpc) is 2.72. The van der Waals surface area contributed by atoms with E-state index in [-0.39, 0.29) is 5.91 Å². The Morgan fingerprint density at radius 2 is 2.11 bits per heavy atom. The molecule has 0 saturated carbocycles. The Morgan fingerprint density at radius 3 is 2.78 bits per heavy atom. The quantitative estimate of drug-likeness (QED) is 0.897. The van der Waals surface area contributed by atoms with Gasteiger partial charge >= 0.3 is 0 Å². The van der Waals surface area contributed by atoms with Crippen LogP contribution < -0.4 is 5.32 Å². The molecule has 0 aliphatic rings. The van der Waals surface area contributed by atoms with Crippen LogP contribution in [-0.2, 0) is 11.8 Å². The van der Waals surface area contributed by atoms with Crippen LogP contribution >= 0.6 is 0 Å². The van der Waals surface area contributed by atoms with Gasteiger partial charge in [0.15, 0.2) is 0 Å². The van der Waals surface area contributed by atoms with Gasteiger partial charge in [0.05, 0.1) is 5.69 Å². The first-order chi connectivity index (χ1) is 8.70. The van der Waals surface area contributed by atoms with Gasteiger partial charge in [-0.15, -0.1) is 0 Å². The summed E-state index contributed by atoms with van der Waals surface area (Å²) < 4.78 is 1.67. The molecule has 0 saturated heterocycles. The summed E-state index contributed by atoms with van der Waals surface area (Å²) in [6.07, 6.45) is 4.80. The van der Waals surface area contributed by atoms with E-state index in [2.05, 4.69) is 15.4 Å². The maximum Gasteiger partial charge on any atom is 0.225 e. The fraction of sp³-hybridized carbons (Fsp3) is 0.308. The van der Waals surface area contributed by atoms with E-state index < -0.39 is 0 Å². The van der Waals surface area contributed by atoms with Crippen LogP contribution in [-0.4, -0.2) is 20.7 Å². The second-order valence-corrected chi connectivity index (χ2v) is 4.07. The Morgan fingerprint density at radius 1 is 1.39 bits per heavy atom. The maximum absolute atomic E-state index is 11.5. The van der Waals surface area contributed by atoms with Crippen molar-refractivity contribution in [1.82, 2.24) is 14.8 Å². The normalized spacial score (nSPS) is 10.3. The lowest BCUT2D eigenvalue weighted by atomic mass is 10.2. The SMILES string of the molecule is CCCC(=O)Nc1cc(-c2ccncc2)nn1C.